The molecule has 7 heterocycles. The molecule has 34 heteroatoms. The number of allylic oxidation sites excluding steroid dienone is 2. The summed E-state index contributed by atoms with van der Waals surface area (Å²) in [6.07, 6.45) is -38.0. The molecular formula is C71H114O34. The number of ketones is 1. The number of esters is 1. The Morgan fingerprint density at radius 2 is 0.990 bits per heavy atom. The van der Waals surface area contributed by atoms with E-state index in [2.05, 4.69) is 19.9 Å². The van der Waals surface area contributed by atoms with Crippen LogP contribution in [0.25, 0.3) is 0 Å². The Labute approximate surface area is 609 Å². The van der Waals surface area contributed by atoms with Gasteiger partial charge in [-0.2, -0.15) is 0 Å². The van der Waals surface area contributed by atoms with Crippen LogP contribution in [0, 0.1) is 34.5 Å². The molecule has 0 spiro atoms. The lowest BCUT2D eigenvalue weighted by Gasteiger charge is -2.58. The van der Waals surface area contributed by atoms with Gasteiger partial charge < -0.3 is 157 Å². The van der Waals surface area contributed by atoms with Crippen molar-refractivity contribution in [3.05, 3.63) is 23.3 Å². The maximum absolute atomic E-state index is 14.1. The number of methoxy groups -OCH3 is 3. The van der Waals surface area contributed by atoms with E-state index in [1.807, 2.05) is 13.8 Å². The molecule has 7 saturated heterocycles. The molecule has 0 radical (unpaired) electrons. The second-order valence-electron chi connectivity index (χ2n) is 31.3. The molecule has 10 fully saturated rings. The van der Waals surface area contributed by atoms with Crippen LogP contribution < -0.4 is 0 Å². The van der Waals surface area contributed by atoms with Crippen LogP contribution in [0.2, 0.25) is 0 Å². The second kappa shape index (κ2) is 34.8. The summed E-state index contributed by atoms with van der Waals surface area (Å²) in [6, 6.07) is 0. The van der Waals surface area contributed by atoms with Crippen LogP contribution in [0.15, 0.2) is 23.3 Å². The molecule has 0 bridgehead atoms. The van der Waals surface area contributed by atoms with Crippen molar-refractivity contribution in [2.45, 2.75) is 328 Å². The number of ether oxygens (including phenoxy) is 18. The normalized spacial score (nSPS) is 50.9. The van der Waals surface area contributed by atoms with Crippen molar-refractivity contribution in [1.29, 1.82) is 0 Å². The first-order valence-electron chi connectivity index (χ1n) is 36.9. The van der Waals surface area contributed by atoms with Crippen LogP contribution in [0.4, 0.5) is 0 Å². The first-order valence-corrected chi connectivity index (χ1v) is 36.9. The molecule has 0 aromatic rings. The van der Waals surface area contributed by atoms with Gasteiger partial charge in [0.05, 0.1) is 63.1 Å². The highest BCUT2D eigenvalue weighted by atomic mass is 16.8. The zero-order valence-electron chi connectivity index (χ0n) is 61.3. The molecule has 0 aromatic carbocycles. The summed E-state index contributed by atoms with van der Waals surface area (Å²) < 4.78 is 110. The zero-order valence-corrected chi connectivity index (χ0v) is 61.3. The zero-order chi connectivity index (χ0) is 76.2. The maximum Gasteiger partial charge on any atom is 0.331 e. The Hall–Kier alpha value is -2.62. The number of hydrogen-bond acceptors (Lipinski definition) is 34. The molecule has 3 unspecified atom stereocenters. The molecule has 14 N–H and O–H groups in total. The van der Waals surface area contributed by atoms with E-state index < -0.39 is 253 Å². The fourth-order valence-electron chi connectivity index (χ4n) is 18.7. The van der Waals surface area contributed by atoms with E-state index in [4.69, 9.17) is 85.3 Å². The Morgan fingerprint density at radius 3 is 1.57 bits per heavy atom. The topological polar surface area (TPSA) is 484 Å². The first kappa shape index (κ1) is 83.3. The molecule has 11 rings (SSSR count). The number of aliphatic hydroxyl groups excluding tert-OH is 14. The third kappa shape index (κ3) is 17.0. The number of carbonyl (C=O) groups excluding carboxylic acids is 2. The van der Waals surface area contributed by atoms with Gasteiger partial charge in [0.1, 0.15) is 134 Å². The van der Waals surface area contributed by atoms with Crippen molar-refractivity contribution in [3.63, 3.8) is 0 Å². The van der Waals surface area contributed by atoms with Crippen LogP contribution in [0.1, 0.15) is 113 Å². The summed E-state index contributed by atoms with van der Waals surface area (Å²) in [5.41, 5.74) is 1.20. The van der Waals surface area contributed by atoms with E-state index in [9.17, 15) is 81.1 Å². The van der Waals surface area contributed by atoms with Gasteiger partial charge in [-0.15, -0.1) is 0 Å². The van der Waals surface area contributed by atoms with E-state index >= 15 is 0 Å². The largest absolute Gasteiger partial charge is 0.454 e. The van der Waals surface area contributed by atoms with Gasteiger partial charge >= 0.3 is 5.97 Å². The number of Topliss-reactive ketones (excluding diaryl/α,β-unsaturated/α-hetero) is 1. The van der Waals surface area contributed by atoms with Crippen molar-refractivity contribution in [2.24, 2.45) is 34.5 Å². The molecule has 105 heavy (non-hydrogen) atoms. The highest BCUT2D eigenvalue weighted by molar-refractivity contribution is 5.82. The molecule has 11 aliphatic rings. The summed E-state index contributed by atoms with van der Waals surface area (Å²) in [6.45, 7) is 11.8. The third-order valence-corrected chi connectivity index (χ3v) is 24.4. The average Bonchev–Trinajstić information content (AvgIpc) is 1.61. The lowest BCUT2D eigenvalue weighted by Crippen LogP contribution is -2.65. The van der Waals surface area contributed by atoms with Crippen LogP contribution >= 0.6 is 0 Å². The molecular weight excluding hydrogens is 1400 g/mol. The average molecular weight is 1510 g/mol. The maximum atomic E-state index is 14.1. The van der Waals surface area contributed by atoms with Gasteiger partial charge in [0.2, 0.25) is 0 Å². The van der Waals surface area contributed by atoms with Crippen molar-refractivity contribution in [2.75, 3.05) is 47.8 Å². The summed E-state index contributed by atoms with van der Waals surface area (Å²) in [4.78, 5) is 26.6. The SMILES string of the molecule is CO[C@@H]1[C@@H](O)[C@H](O[C@H]2CC[C@@]3(C)C(=CCC4C3CC[C@@]3(C)C4C[C@@H](O[C@@H]4O[C@H](CO[C@@H]5O[C@H](CO[C@@H]6O[C@H](CO)[C@@H](O)[C@H](O)[C@H]6O)[C@@H](O)[C@H](O)[C@H]5O[C@@H]5O[C@H](CO)[C@@H](O)[C@H](O)[C@H]5O)[C@@H](O)[C@H](O)[C@H]4O)[C@@H]3C(C)=O)C2)O[C@H](C)[C@H]1O[C@H]1C[C@H](OC)[C@H](O[C@H]2C[C@H](OC)[C@H](OC(=O)C=C(C)C)[C@@H](C)O2)[C@@H](C)O1. The van der Waals surface area contributed by atoms with Gasteiger partial charge in [0.15, 0.2) is 50.1 Å². The predicted molar refractivity (Wildman–Crippen MR) is 352 cm³/mol. The fourth-order valence-corrected chi connectivity index (χ4v) is 18.7. The lowest BCUT2D eigenvalue weighted by atomic mass is 9.47. The summed E-state index contributed by atoms with van der Waals surface area (Å²) in [5, 5.41) is 153. The van der Waals surface area contributed by atoms with Crippen LogP contribution in [-0.2, 0) is 94.9 Å². The van der Waals surface area contributed by atoms with Crippen molar-refractivity contribution in [3.8, 4) is 0 Å². The predicted octanol–water partition coefficient (Wildman–Crippen LogP) is -3.12. The van der Waals surface area contributed by atoms with Crippen LogP contribution in [0.3, 0.4) is 0 Å². The number of hydrogen-bond donors (Lipinski definition) is 14. The summed E-state index contributed by atoms with van der Waals surface area (Å²) in [5.74, 6) is -1.10. The van der Waals surface area contributed by atoms with E-state index in [-0.39, 0.29) is 47.9 Å². The molecule has 602 valence electrons. The minimum atomic E-state index is -2.06. The molecule has 0 aromatic heterocycles. The third-order valence-electron chi connectivity index (χ3n) is 24.4. The molecule has 7 aliphatic heterocycles. The molecule has 3 saturated carbocycles. The second-order valence-corrected chi connectivity index (χ2v) is 31.3. The first-order chi connectivity index (χ1) is 49.8. The van der Waals surface area contributed by atoms with E-state index in [1.165, 1.54) is 25.7 Å². The Kier molecular flexibility index (Phi) is 27.6. The quantitative estimate of drug-likeness (QED) is 0.0258. The standard InChI is InChI=1S/C71H114O34/c1-27(2)18-44(75)102-60-29(4)93-45(21-38(60)88-9)103-61-30(5)94-46(22-39(61)89-10)104-62-31(6)95-68(59(87)63(62)90-11)96-33-14-16-70(7)32(19-33)12-13-34-35(70)15-17-71(8)36(34)20-37(47(71)28(3)74)97-66-57(85)54(82)50(78)42(100-66)26-92-69-64(105-67-58(86)53(81)49(77)41(24-73)99-67)55(83)51(79)43(101-69)25-91-65-56(84)52(80)48(76)40(23-72)98-65/h12,18,29-31,33-43,45-69,72-73,76-87H,13-17,19-26H2,1-11H3/t29-,30-,31-,33+,34?,35?,36?,37-,38+,39+,40-,41-,42-,43-,45+,46+,47+,48-,49-,50-,51-,52+,53+,54+,55+,56-,57-,58-,59-,60-,61-,62-,63-,64-,65-,66-,67+,68+,69-,70+,71+/m1/s1. The van der Waals surface area contributed by atoms with Gasteiger partial charge in [0, 0.05) is 46.2 Å². The van der Waals surface area contributed by atoms with Crippen LogP contribution in [-0.4, -0.2) is 346 Å². The minimum Gasteiger partial charge on any atom is -0.454 e. The number of fused-ring (bicyclic) bond motifs is 5. The van der Waals surface area contributed by atoms with Crippen LogP contribution in [0.5, 0.6) is 0 Å². The van der Waals surface area contributed by atoms with Gasteiger partial charge in [0.25, 0.3) is 0 Å². The number of rotatable bonds is 24. The van der Waals surface area contributed by atoms with Crippen molar-refractivity contribution >= 4 is 11.8 Å². The monoisotopic (exact) mass is 1510 g/mol. The van der Waals surface area contributed by atoms with E-state index in [1.54, 1.807) is 35.0 Å². The van der Waals surface area contributed by atoms with E-state index in [0.29, 0.717) is 32.1 Å². The fraction of sp³-hybridized carbons (Fsp3) is 0.915. The van der Waals surface area contributed by atoms with Gasteiger partial charge in [-0.25, -0.2) is 4.79 Å². The number of carbonyl (C=O) groups is 2. The minimum absolute atomic E-state index is 0.0606. The van der Waals surface area contributed by atoms with Gasteiger partial charge in [-0.3, -0.25) is 4.79 Å². The highest BCUT2D eigenvalue weighted by Gasteiger charge is 2.64. The highest BCUT2D eigenvalue weighted by Crippen LogP contribution is 2.67. The Balaban J connectivity index is 0.710. The van der Waals surface area contributed by atoms with Gasteiger partial charge in [-0.05, 0) is 115 Å². The van der Waals surface area contributed by atoms with Gasteiger partial charge in [-0.1, -0.05) is 31.1 Å². The lowest BCUT2D eigenvalue weighted by molar-refractivity contribution is -0.378. The Morgan fingerprint density at radius 1 is 0.486 bits per heavy atom. The molecule has 0 amide bonds. The Bertz CT molecular complexity index is 2910. The van der Waals surface area contributed by atoms with E-state index in [0.717, 1.165) is 18.4 Å². The van der Waals surface area contributed by atoms with Crippen molar-refractivity contribution in [1.82, 2.24) is 0 Å². The molecule has 34 nitrogen and oxygen atoms in total. The molecule has 4 aliphatic carbocycles. The summed E-state index contributed by atoms with van der Waals surface area (Å²) in [7, 11) is 4.62. The molecule has 41 atom stereocenters. The number of aliphatic hydroxyl groups is 14. The van der Waals surface area contributed by atoms with Crippen molar-refractivity contribution < 1.29 is 166 Å². The smallest absolute Gasteiger partial charge is 0.331 e. The summed E-state index contributed by atoms with van der Waals surface area (Å²) >= 11 is 0.